The summed E-state index contributed by atoms with van der Waals surface area (Å²) in [5.41, 5.74) is 0. The summed E-state index contributed by atoms with van der Waals surface area (Å²) < 4.78 is 0. The molecule has 1 aliphatic heterocycles. The molecule has 0 bridgehead atoms. The number of carbonyl (C=O) groups is 3. The van der Waals surface area contributed by atoms with Crippen LogP contribution < -0.4 is 10.6 Å². The van der Waals surface area contributed by atoms with Crippen LogP contribution >= 0.6 is 0 Å². The van der Waals surface area contributed by atoms with Crippen molar-refractivity contribution < 1.29 is 19.5 Å². The standard InChI is InChI=1S/C13H23N3O4/c1-9(12(19)15-13(20)14-2)16-7-5-10(6-8-16)3-4-11(17)18/h9-10H,3-8H2,1-2H3,(H,17,18)(H2,14,15,19,20). The van der Waals surface area contributed by atoms with E-state index in [2.05, 4.69) is 10.6 Å². The number of imide groups is 1. The van der Waals surface area contributed by atoms with E-state index in [-0.39, 0.29) is 18.4 Å². The fourth-order valence-electron chi connectivity index (χ4n) is 2.40. The summed E-state index contributed by atoms with van der Waals surface area (Å²) in [6.07, 6.45) is 2.69. The molecule has 0 aromatic rings. The number of hydrogen-bond donors (Lipinski definition) is 3. The van der Waals surface area contributed by atoms with Crippen molar-refractivity contribution in [3.05, 3.63) is 0 Å². The summed E-state index contributed by atoms with van der Waals surface area (Å²) in [5.74, 6) is -0.657. The van der Waals surface area contributed by atoms with Gasteiger partial charge in [0.25, 0.3) is 0 Å². The fourth-order valence-corrected chi connectivity index (χ4v) is 2.40. The van der Waals surface area contributed by atoms with Crippen molar-refractivity contribution in [2.45, 2.75) is 38.6 Å². The number of hydrogen-bond acceptors (Lipinski definition) is 4. The molecule has 0 aliphatic carbocycles. The molecule has 0 aromatic heterocycles. The molecule has 0 spiro atoms. The minimum Gasteiger partial charge on any atom is -0.481 e. The third-order valence-electron chi connectivity index (χ3n) is 3.81. The lowest BCUT2D eigenvalue weighted by Gasteiger charge is -2.35. The predicted molar refractivity (Wildman–Crippen MR) is 73.2 cm³/mol. The van der Waals surface area contributed by atoms with Gasteiger partial charge in [0.2, 0.25) is 5.91 Å². The second-order valence-electron chi connectivity index (χ2n) is 5.16. The number of likely N-dealkylation sites (tertiary alicyclic amines) is 1. The number of amides is 3. The molecule has 1 unspecified atom stereocenters. The molecule has 7 nitrogen and oxygen atoms in total. The highest BCUT2D eigenvalue weighted by Gasteiger charge is 2.27. The quantitative estimate of drug-likeness (QED) is 0.679. The Balaban J connectivity index is 2.34. The number of carbonyl (C=O) groups excluding carboxylic acids is 2. The highest BCUT2D eigenvalue weighted by Crippen LogP contribution is 2.23. The Labute approximate surface area is 118 Å². The lowest BCUT2D eigenvalue weighted by atomic mass is 9.91. The van der Waals surface area contributed by atoms with Crippen molar-refractivity contribution in [3.8, 4) is 0 Å². The van der Waals surface area contributed by atoms with Crippen LogP contribution in [0.4, 0.5) is 4.79 Å². The Hall–Kier alpha value is -1.63. The van der Waals surface area contributed by atoms with E-state index < -0.39 is 12.0 Å². The fraction of sp³-hybridized carbons (Fsp3) is 0.769. The normalized spacial score (nSPS) is 18.3. The first-order valence-corrected chi connectivity index (χ1v) is 6.92. The molecular weight excluding hydrogens is 262 g/mol. The summed E-state index contributed by atoms with van der Waals surface area (Å²) in [5, 5.41) is 13.3. The molecule has 3 amide bonds. The minimum absolute atomic E-state index is 0.206. The number of nitrogens with one attached hydrogen (secondary N) is 2. The molecule has 0 saturated carbocycles. The van der Waals surface area contributed by atoms with Crippen LogP contribution in [0.5, 0.6) is 0 Å². The molecule has 3 N–H and O–H groups in total. The van der Waals surface area contributed by atoms with Gasteiger partial charge >= 0.3 is 12.0 Å². The summed E-state index contributed by atoms with van der Waals surface area (Å²) in [6, 6.07) is -0.856. The van der Waals surface area contributed by atoms with Gasteiger partial charge in [-0.1, -0.05) is 0 Å². The van der Waals surface area contributed by atoms with Crippen molar-refractivity contribution in [1.82, 2.24) is 15.5 Å². The maximum atomic E-state index is 11.8. The van der Waals surface area contributed by atoms with Gasteiger partial charge < -0.3 is 10.4 Å². The molecule has 1 rings (SSSR count). The number of carboxylic acid groups (broad SMARTS) is 1. The Morgan fingerprint density at radius 1 is 1.30 bits per heavy atom. The third-order valence-corrected chi connectivity index (χ3v) is 3.81. The van der Waals surface area contributed by atoms with Gasteiger partial charge in [-0.05, 0) is 45.2 Å². The van der Waals surface area contributed by atoms with E-state index >= 15 is 0 Å². The van der Waals surface area contributed by atoms with Gasteiger partial charge in [0.15, 0.2) is 0 Å². The Morgan fingerprint density at radius 3 is 2.40 bits per heavy atom. The summed E-state index contributed by atoms with van der Waals surface area (Å²) >= 11 is 0. The maximum absolute atomic E-state index is 11.8. The van der Waals surface area contributed by atoms with Crippen molar-refractivity contribution in [3.63, 3.8) is 0 Å². The van der Waals surface area contributed by atoms with E-state index in [1.54, 1.807) is 6.92 Å². The first kappa shape index (κ1) is 16.4. The van der Waals surface area contributed by atoms with Crippen LogP contribution in [0, 0.1) is 5.92 Å². The topological polar surface area (TPSA) is 98.7 Å². The lowest BCUT2D eigenvalue weighted by Crippen LogP contribution is -2.51. The van der Waals surface area contributed by atoms with Crippen molar-refractivity contribution >= 4 is 17.9 Å². The van der Waals surface area contributed by atoms with Crippen LogP contribution in [-0.2, 0) is 9.59 Å². The van der Waals surface area contributed by atoms with Gasteiger partial charge in [0.05, 0.1) is 6.04 Å². The number of carboxylic acids is 1. The number of nitrogens with zero attached hydrogens (tertiary/aromatic N) is 1. The van der Waals surface area contributed by atoms with Crippen molar-refractivity contribution in [1.29, 1.82) is 0 Å². The van der Waals surface area contributed by atoms with Gasteiger partial charge in [-0.15, -0.1) is 0 Å². The lowest BCUT2D eigenvalue weighted by molar-refractivity contribution is -0.137. The average Bonchev–Trinajstić information content (AvgIpc) is 2.44. The molecule has 1 atom stereocenters. The van der Waals surface area contributed by atoms with Crippen LogP contribution in [0.1, 0.15) is 32.6 Å². The predicted octanol–water partition coefficient (Wildman–Crippen LogP) is 0.407. The molecule has 1 saturated heterocycles. The smallest absolute Gasteiger partial charge is 0.321 e. The average molecular weight is 285 g/mol. The number of rotatable bonds is 5. The van der Waals surface area contributed by atoms with Gasteiger partial charge in [0.1, 0.15) is 0 Å². The maximum Gasteiger partial charge on any atom is 0.321 e. The molecule has 0 aromatic carbocycles. The van der Waals surface area contributed by atoms with E-state index in [0.717, 1.165) is 25.9 Å². The highest BCUT2D eigenvalue weighted by atomic mass is 16.4. The number of urea groups is 1. The zero-order valence-corrected chi connectivity index (χ0v) is 12.0. The monoisotopic (exact) mass is 285 g/mol. The van der Waals surface area contributed by atoms with Crippen LogP contribution in [-0.4, -0.2) is 54.1 Å². The Kier molecular flexibility index (Phi) is 6.44. The molecule has 20 heavy (non-hydrogen) atoms. The SMILES string of the molecule is CNC(=O)NC(=O)C(C)N1CCC(CCC(=O)O)CC1. The molecular formula is C13H23N3O4. The summed E-state index contributed by atoms with van der Waals surface area (Å²) in [4.78, 5) is 35.5. The molecule has 1 heterocycles. The third kappa shape index (κ3) is 5.16. The van der Waals surface area contributed by atoms with Gasteiger partial charge in [-0.25, -0.2) is 4.79 Å². The Morgan fingerprint density at radius 2 is 1.90 bits per heavy atom. The number of aliphatic carboxylic acids is 1. The van der Waals surface area contributed by atoms with Crippen LogP contribution in [0.3, 0.4) is 0 Å². The van der Waals surface area contributed by atoms with E-state index in [1.807, 2.05) is 4.90 Å². The first-order chi connectivity index (χ1) is 9.43. The summed E-state index contributed by atoms with van der Waals surface area (Å²) in [7, 11) is 1.46. The largest absolute Gasteiger partial charge is 0.481 e. The minimum atomic E-state index is -0.759. The van der Waals surface area contributed by atoms with Gasteiger partial charge in [-0.2, -0.15) is 0 Å². The molecule has 114 valence electrons. The zero-order valence-electron chi connectivity index (χ0n) is 12.0. The van der Waals surface area contributed by atoms with Gasteiger partial charge in [0, 0.05) is 13.5 Å². The van der Waals surface area contributed by atoms with Crippen LogP contribution in [0.25, 0.3) is 0 Å². The van der Waals surface area contributed by atoms with E-state index in [9.17, 15) is 14.4 Å². The van der Waals surface area contributed by atoms with Crippen molar-refractivity contribution in [2.75, 3.05) is 20.1 Å². The van der Waals surface area contributed by atoms with E-state index in [4.69, 9.17) is 5.11 Å². The van der Waals surface area contributed by atoms with Gasteiger partial charge in [-0.3, -0.25) is 19.8 Å². The molecule has 0 radical (unpaired) electrons. The van der Waals surface area contributed by atoms with Crippen LogP contribution in [0.2, 0.25) is 0 Å². The molecule has 1 fully saturated rings. The first-order valence-electron chi connectivity index (χ1n) is 6.92. The second-order valence-corrected chi connectivity index (χ2v) is 5.16. The van der Waals surface area contributed by atoms with Crippen LogP contribution in [0.15, 0.2) is 0 Å². The molecule has 1 aliphatic rings. The molecule has 7 heteroatoms. The summed E-state index contributed by atoms with van der Waals surface area (Å²) in [6.45, 7) is 3.29. The highest BCUT2D eigenvalue weighted by molar-refractivity contribution is 5.96. The Bertz CT molecular complexity index is 365. The second kappa shape index (κ2) is 7.84. The van der Waals surface area contributed by atoms with Crippen molar-refractivity contribution in [2.24, 2.45) is 5.92 Å². The number of piperidine rings is 1. The zero-order chi connectivity index (χ0) is 15.1. The van der Waals surface area contributed by atoms with E-state index in [1.165, 1.54) is 7.05 Å². The van der Waals surface area contributed by atoms with E-state index in [0.29, 0.717) is 12.3 Å².